The van der Waals surface area contributed by atoms with Crippen molar-refractivity contribution < 1.29 is 19.4 Å². The van der Waals surface area contributed by atoms with Crippen molar-refractivity contribution >= 4 is 11.9 Å². The van der Waals surface area contributed by atoms with Gasteiger partial charge in [0.05, 0.1) is 30.1 Å². The van der Waals surface area contributed by atoms with Gasteiger partial charge in [-0.05, 0) is 48.2 Å². The summed E-state index contributed by atoms with van der Waals surface area (Å²) in [4.78, 5) is 23.9. The summed E-state index contributed by atoms with van der Waals surface area (Å²) in [7, 11) is 0. The number of carbonyl (C=O) groups is 2. The minimum atomic E-state index is -1.09. The predicted molar refractivity (Wildman–Crippen MR) is 134 cm³/mol. The molecule has 0 atom stereocenters. The minimum Gasteiger partial charge on any atom is -0.478 e. The van der Waals surface area contributed by atoms with Gasteiger partial charge in [0.1, 0.15) is 0 Å². The second-order valence-corrected chi connectivity index (χ2v) is 8.42. The van der Waals surface area contributed by atoms with Crippen molar-refractivity contribution in [3.63, 3.8) is 0 Å². The number of aromatic nitrogens is 3. The van der Waals surface area contributed by atoms with Crippen LogP contribution in [0.2, 0.25) is 0 Å². The number of carbonyl (C=O) groups excluding carboxylic acids is 1. The summed E-state index contributed by atoms with van der Waals surface area (Å²) in [5, 5.41) is 19.5. The molecule has 0 saturated heterocycles. The van der Waals surface area contributed by atoms with Crippen LogP contribution in [0.3, 0.4) is 0 Å². The van der Waals surface area contributed by atoms with Crippen LogP contribution in [0.25, 0.3) is 0 Å². The Kier molecular flexibility index (Phi) is 16.9. The largest absolute Gasteiger partial charge is 0.478 e. The van der Waals surface area contributed by atoms with E-state index in [1.807, 2.05) is 6.07 Å². The quantitative estimate of drug-likeness (QED) is 0.215. The first kappa shape index (κ1) is 29.2. The van der Waals surface area contributed by atoms with Crippen molar-refractivity contribution in [3.8, 4) is 0 Å². The Morgan fingerprint density at radius 1 is 0.794 bits per heavy atom. The van der Waals surface area contributed by atoms with Crippen molar-refractivity contribution in [2.75, 3.05) is 6.61 Å². The summed E-state index contributed by atoms with van der Waals surface area (Å²) in [6.07, 6.45) is 17.9. The number of carboxylic acids is 1. The van der Waals surface area contributed by atoms with Crippen molar-refractivity contribution in [1.82, 2.24) is 15.4 Å². The zero-order valence-electron chi connectivity index (χ0n) is 20.9. The summed E-state index contributed by atoms with van der Waals surface area (Å²) in [5.41, 5.74) is 1.22. The van der Waals surface area contributed by atoms with E-state index >= 15 is 0 Å². The maximum absolute atomic E-state index is 12.4. The highest BCUT2D eigenvalue weighted by atomic mass is 16.5. The lowest BCUT2D eigenvalue weighted by Gasteiger charge is -2.10. The molecule has 0 amide bonds. The van der Waals surface area contributed by atoms with Crippen LogP contribution < -0.4 is 0 Å². The van der Waals surface area contributed by atoms with Gasteiger partial charge in [0.15, 0.2) is 0 Å². The lowest BCUT2D eigenvalue weighted by atomic mass is 9.99. The van der Waals surface area contributed by atoms with Gasteiger partial charge in [-0.2, -0.15) is 0 Å². The van der Waals surface area contributed by atoms with E-state index < -0.39 is 11.9 Å². The maximum atomic E-state index is 12.4. The van der Waals surface area contributed by atoms with Gasteiger partial charge in [0.2, 0.25) is 0 Å². The summed E-state index contributed by atoms with van der Waals surface area (Å²) in [6, 6.07) is 6.78. The van der Waals surface area contributed by atoms with Gasteiger partial charge < -0.3 is 9.84 Å². The molecule has 1 heterocycles. The fourth-order valence-electron chi connectivity index (χ4n) is 3.54. The second kappa shape index (κ2) is 19.6. The molecule has 0 aliphatic heterocycles. The minimum absolute atomic E-state index is 0.0274. The molecule has 0 saturated carbocycles. The second-order valence-electron chi connectivity index (χ2n) is 8.42. The molecule has 0 radical (unpaired) electrons. The standard InChI is InChI=1S/C24H38O4.C3H3N3/c1-3-5-7-9-11-13-15-20-16-17-21(23(25)26)22(19-20)24(27)28-18-14-12-10-8-6-4-2;1-2-4-6-5-3-1/h16-17,19H,3-15,18H2,1-2H3,(H,25,26);1-3H. The molecule has 7 nitrogen and oxygen atoms in total. The highest BCUT2D eigenvalue weighted by Gasteiger charge is 2.18. The topological polar surface area (TPSA) is 102 Å². The molecular formula is C27H41N3O4. The molecule has 1 aromatic carbocycles. The van der Waals surface area contributed by atoms with Crippen LogP contribution >= 0.6 is 0 Å². The molecule has 2 rings (SSSR count). The first-order chi connectivity index (χ1) is 16.6. The smallest absolute Gasteiger partial charge is 0.339 e. The molecule has 7 heteroatoms. The van der Waals surface area contributed by atoms with Gasteiger partial charge in [-0.25, -0.2) is 9.59 Å². The number of nitrogens with zero attached hydrogens (tertiary/aromatic N) is 3. The van der Waals surface area contributed by atoms with E-state index in [-0.39, 0.29) is 11.1 Å². The zero-order chi connectivity index (χ0) is 24.9. The number of hydrogen-bond acceptors (Lipinski definition) is 6. The maximum Gasteiger partial charge on any atom is 0.339 e. The summed E-state index contributed by atoms with van der Waals surface area (Å²) < 4.78 is 5.35. The molecule has 0 spiro atoms. The van der Waals surface area contributed by atoms with E-state index in [1.54, 1.807) is 24.5 Å². The molecule has 0 aliphatic carbocycles. The van der Waals surface area contributed by atoms with Gasteiger partial charge in [-0.15, -0.1) is 10.2 Å². The summed E-state index contributed by atoms with van der Waals surface area (Å²) in [5.74, 6) is -1.60. The van der Waals surface area contributed by atoms with Gasteiger partial charge >= 0.3 is 11.9 Å². The van der Waals surface area contributed by atoms with Crippen LogP contribution in [0, 0.1) is 0 Å². The summed E-state index contributed by atoms with van der Waals surface area (Å²) in [6.45, 7) is 4.74. The lowest BCUT2D eigenvalue weighted by Crippen LogP contribution is -2.13. The Morgan fingerprint density at radius 2 is 1.38 bits per heavy atom. The van der Waals surface area contributed by atoms with Crippen LogP contribution in [0.5, 0.6) is 0 Å². The van der Waals surface area contributed by atoms with E-state index in [2.05, 4.69) is 29.3 Å². The van der Waals surface area contributed by atoms with Crippen LogP contribution in [-0.4, -0.2) is 39.1 Å². The lowest BCUT2D eigenvalue weighted by molar-refractivity contribution is 0.0487. The average molecular weight is 472 g/mol. The third kappa shape index (κ3) is 13.7. The first-order valence-corrected chi connectivity index (χ1v) is 12.7. The highest BCUT2D eigenvalue weighted by Crippen LogP contribution is 2.17. The first-order valence-electron chi connectivity index (χ1n) is 12.7. The molecule has 2 aromatic rings. The molecule has 1 N–H and O–H groups in total. The van der Waals surface area contributed by atoms with Gasteiger partial charge in [0, 0.05) is 0 Å². The SMILES string of the molecule is CCCCCCCCOC(=O)c1cc(CCCCCCCC)ccc1C(=O)O.c1cnnnc1. The Morgan fingerprint density at radius 3 is 1.91 bits per heavy atom. The van der Waals surface area contributed by atoms with Crippen LogP contribution in [0.1, 0.15) is 117 Å². The molecule has 0 fully saturated rings. The third-order valence-electron chi connectivity index (χ3n) is 5.49. The third-order valence-corrected chi connectivity index (χ3v) is 5.49. The number of carboxylic acid groups (broad SMARTS) is 1. The normalized spacial score (nSPS) is 10.3. The zero-order valence-corrected chi connectivity index (χ0v) is 20.9. The number of hydrogen-bond donors (Lipinski definition) is 1. The molecule has 188 valence electrons. The number of ether oxygens (including phenoxy) is 1. The summed E-state index contributed by atoms with van der Waals surface area (Å²) >= 11 is 0. The van der Waals surface area contributed by atoms with Crippen LogP contribution in [-0.2, 0) is 11.2 Å². The van der Waals surface area contributed by atoms with Crippen molar-refractivity contribution in [2.45, 2.75) is 97.3 Å². The van der Waals surface area contributed by atoms with E-state index in [1.165, 1.54) is 57.4 Å². The molecule has 1 aromatic heterocycles. The number of aryl methyl sites for hydroxylation is 1. The van der Waals surface area contributed by atoms with Crippen LogP contribution in [0.4, 0.5) is 0 Å². The predicted octanol–water partition coefficient (Wildman–Crippen LogP) is 6.68. The van der Waals surface area contributed by atoms with Crippen molar-refractivity contribution in [2.24, 2.45) is 0 Å². The van der Waals surface area contributed by atoms with Crippen molar-refractivity contribution in [3.05, 3.63) is 53.3 Å². The van der Waals surface area contributed by atoms with E-state index in [4.69, 9.17) is 4.74 Å². The van der Waals surface area contributed by atoms with E-state index in [9.17, 15) is 14.7 Å². The molecule has 34 heavy (non-hydrogen) atoms. The number of rotatable bonds is 16. The number of unbranched alkanes of at least 4 members (excludes halogenated alkanes) is 10. The number of aromatic carboxylic acids is 1. The molecular weight excluding hydrogens is 430 g/mol. The Hall–Kier alpha value is -2.83. The molecule has 0 bridgehead atoms. The monoisotopic (exact) mass is 471 g/mol. The van der Waals surface area contributed by atoms with E-state index in [0.717, 1.165) is 37.7 Å². The van der Waals surface area contributed by atoms with E-state index in [0.29, 0.717) is 6.61 Å². The fourth-order valence-corrected chi connectivity index (χ4v) is 3.54. The number of esters is 1. The molecule has 0 unspecified atom stereocenters. The van der Waals surface area contributed by atoms with Gasteiger partial charge in [-0.1, -0.05) is 84.1 Å². The Bertz CT molecular complexity index is 773. The Balaban J connectivity index is 0.000000830. The average Bonchev–Trinajstić information content (AvgIpc) is 2.86. The van der Waals surface area contributed by atoms with Crippen molar-refractivity contribution in [1.29, 1.82) is 0 Å². The molecule has 0 aliphatic rings. The van der Waals surface area contributed by atoms with Crippen LogP contribution in [0.15, 0.2) is 36.7 Å². The van der Waals surface area contributed by atoms with Gasteiger partial charge in [0.25, 0.3) is 0 Å². The number of benzene rings is 1. The highest BCUT2D eigenvalue weighted by molar-refractivity contribution is 6.02. The fraction of sp³-hybridized carbons (Fsp3) is 0.593. The van der Waals surface area contributed by atoms with Gasteiger partial charge in [-0.3, -0.25) is 0 Å². The Labute approximate surface area is 204 Å².